The predicted molar refractivity (Wildman–Crippen MR) is 148 cm³/mol. The largest absolute Gasteiger partial charge is 0.472 e. The van der Waals surface area contributed by atoms with Crippen LogP contribution in [0.2, 0.25) is 0 Å². The standard InChI is InChI=1S/C21H25FN10O8P2S/c22-13-12-4-38-42(35,43)37-3-10-9(1-11(10)31-7-29-14-17(23)25-5-27-19(14)31)2-36-41(33,34)40-16(13)21(39-12)32-8-30-15-18(24)26-6-28-20(15)32/h5-13,16,21H,1-4H2,(H,33,34)(H,35,43)(H2,23,25,27)(H2,24,26,28)/t9-,10-,11-,12-,13-,16-,21-,42?/m1/s1. The fraction of sp³-hybridized carbons (Fsp3) is 0.524. The Balaban J connectivity index is 1.17. The van der Waals surface area contributed by atoms with Crippen LogP contribution in [0.15, 0.2) is 25.3 Å². The minimum Gasteiger partial charge on any atom is -0.382 e. The molecule has 6 N–H and O–H groups in total. The number of ether oxygens (including phenoxy) is 1. The van der Waals surface area contributed by atoms with Gasteiger partial charge in [-0.05, 0) is 24.1 Å². The molecule has 2 saturated heterocycles. The molecule has 0 radical (unpaired) electrons. The lowest BCUT2D eigenvalue weighted by molar-refractivity contribution is -0.0484. The summed E-state index contributed by atoms with van der Waals surface area (Å²) in [4.78, 5) is 46.2. The number of alkyl halides is 1. The number of phosphoric ester groups is 1. The number of anilines is 2. The lowest BCUT2D eigenvalue weighted by Crippen LogP contribution is -2.43. The summed E-state index contributed by atoms with van der Waals surface area (Å²) in [5, 5.41) is 0. The highest BCUT2D eigenvalue weighted by molar-refractivity contribution is 8.07. The van der Waals surface area contributed by atoms with Crippen molar-refractivity contribution in [2.45, 2.75) is 37.1 Å². The van der Waals surface area contributed by atoms with Crippen molar-refractivity contribution in [2.75, 3.05) is 31.3 Å². The number of nitrogen functional groups attached to an aromatic ring is 2. The molecule has 9 atom stereocenters. The van der Waals surface area contributed by atoms with Crippen molar-refractivity contribution in [1.29, 1.82) is 0 Å². The molecule has 1 aliphatic carbocycles. The van der Waals surface area contributed by atoms with Gasteiger partial charge in [0.2, 0.25) is 0 Å². The first kappa shape index (κ1) is 29.0. The third-order valence-corrected chi connectivity index (χ3v) is 10.4. The Bertz CT molecular complexity index is 1800. The molecule has 0 aromatic carbocycles. The van der Waals surface area contributed by atoms with Crippen LogP contribution in [0.3, 0.4) is 0 Å². The normalized spacial score (nSPS) is 37.1. The SMILES string of the molecule is Nc1ncnc2c1ncn2[C@@H]1C[C@@H]2COP(=O)(O)O[C@@H]3[C@H](F)[C@@H](COP(O)(=S)OC[C@H]21)O[C@H]3n1cnc2c(N)ncnc21. The third-order valence-electron chi connectivity index (χ3n) is 7.85. The molecule has 2 unspecified atom stereocenters. The summed E-state index contributed by atoms with van der Waals surface area (Å²) in [5.41, 5.74) is 13.1. The number of nitrogens with zero attached hydrogens (tertiary/aromatic N) is 8. The first-order chi connectivity index (χ1) is 20.5. The van der Waals surface area contributed by atoms with Crippen molar-refractivity contribution in [1.82, 2.24) is 39.0 Å². The van der Waals surface area contributed by atoms with E-state index in [0.29, 0.717) is 17.6 Å². The first-order valence-corrected chi connectivity index (χ1v) is 17.0. The van der Waals surface area contributed by atoms with Crippen molar-refractivity contribution < 1.29 is 41.6 Å². The first-order valence-electron chi connectivity index (χ1n) is 12.9. The molecule has 230 valence electrons. The highest BCUT2D eigenvalue weighted by Crippen LogP contribution is 2.55. The number of hydrogen-bond acceptors (Lipinski definition) is 15. The van der Waals surface area contributed by atoms with Gasteiger partial charge in [-0.25, -0.2) is 38.9 Å². The van der Waals surface area contributed by atoms with Crippen LogP contribution < -0.4 is 11.5 Å². The number of rotatable bonds is 2. The smallest absolute Gasteiger partial charge is 0.382 e. The van der Waals surface area contributed by atoms with Gasteiger partial charge in [-0.2, -0.15) is 0 Å². The third kappa shape index (κ3) is 5.20. The second-order valence-corrected chi connectivity index (χ2v) is 14.5. The highest BCUT2D eigenvalue weighted by Gasteiger charge is 2.52. The molecule has 2 aliphatic heterocycles. The number of fused-ring (bicyclic) bond motifs is 5. The maximum atomic E-state index is 15.8. The molecular weight excluding hydrogens is 633 g/mol. The summed E-state index contributed by atoms with van der Waals surface area (Å²) in [7, 11) is -4.85. The fourth-order valence-corrected chi connectivity index (χ4v) is 7.74. The molecule has 4 aromatic rings. The predicted octanol–water partition coefficient (Wildman–Crippen LogP) is 1.01. The van der Waals surface area contributed by atoms with E-state index in [9.17, 15) is 14.4 Å². The molecule has 7 rings (SSSR count). The van der Waals surface area contributed by atoms with E-state index < -0.39 is 45.8 Å². The molecule has 3 fully saturated rings. The van der Waals surface area contributed by atoms with Crippen molar-refractivity contribution in [3.8, 4) is 0 Å². The molecule has 4 aromatic heterocycles. The monoisotopic (exact) mass is 658 g/mol. The Kier molecular flexibility index (Phi) is 7.20. The van der Waals surface area contributed by atoms with Gasteiger partial charge in [0.15, 0.2) is 35.3 Å². The summed E-state index contributed by atoms with van der Waals surface area (Å²) >= 11 is 5.20. The van der Waals surface area contributed by atoms with Crippen LogP contribution >= 0.6 is 14.5 Å². The number of imidazole rings is 2. The van der Waals surface area contributed by atoms with Crippen LogP contribution in [0, 0.1) is 11.8 Å². The van der Waals surface area contributed by atoms with E-state index in [2.05, 4.69) is 29.9 Å². The van der Waals surface area contributed by atoms with E-state index in [1.54, 1.807) is 10.9 Å². The van der Waals surface area contributed by atoms with Crippen LogP contribution in [-0.4, -0.2) is 87.0 Å². The highest BCUT2D eigenvalue weighted by atomic mass is 32.5. The Labute approximate surface area is 246 Å². The van der Waals surface area contributed by atoms with E-state index in [-0.39, 0.29) is 53.9 Å². The van der Waals surface area contributed by atoms with E-state index in [1.807, 2.05) is 0 Å². The average Bonchev–Trinajstić information content (AvgIpc) is 3.64. The van der Waals surface area contributed by atoms with Crippen molar-refractivity contribution in [2.24, 2.45) is 11.8 Å². The zero-order chi connectivity index (χ0) is 30.1. The molecule has 2 bridgehead atoms. The summed E-state index contributed by atoms with van der Waals surface area (Å²) in [6.45, 7) is -4.80. The number of phosphoric acid groups is 1. The Morgan fingerprint density at radius 3 is 2.23 bits per heavy atom. The Morgan fingerprint density at radius 1 is 0.907 bits per heavy atom. The molecule has 0 spiro atoms. The van der Waals surface area contributed by atoms with Gasteiger partial charge in [0.1, 0.15) is 35.9 Å². The number of aromatic nitrogens is 8. The topological polar surface area (TPSA) is 243 Å². The summed E-state index contributed by atoms with van der Waals surface area (Å²) in [5.74, 6) is -0.461. The van der Waals surface area contributed by atoms with Crippen molar-refractivity contribution in [3.05, 3.63) is 25.3 Å². The van der Waals surface area contributed by atoms with E-state index in [1.165, 1.54) is 23.5 Å². The van der Waals surface area contributed by atoms with E-state index in [0.717, 1.165) is 0 Å². The summed E-state index contributed by atoms with van der Waals surface area (Å²) in [6, 6.07) is -0.266. The number of halogens is 1. The maximum absolute atomic E-state index is 15.8. The number of nitrogens with two attached hydrogens (primary N) is 2. The van der Waals surface area contributed by atoms with Crippen LogP contribution in [0.1, 0.15) is 18.7 Å². The number of hydrogen-bond donors (Lipinski definition) is 4. The van der Waals surface area contributed by atoms with Gasteiger partial charge in [0.25, 0.3) is 0 Å². The molecule has 43 heavy (non-hydrogen) atoms. The van der Waals surface area contributed by atoms with Crippen molar-refractivity contribution in [3.63, 3.8) is 0 Å². The molecule has 18 nitrogen and oxygen atoms in total. The summed E-state index contributed by atoms with van der Waals surface area (Å²) < 4.78 is 59.7. The average molecular weight is 659 g/mol. The molecule has 6 heterocycles. The van der Waals surface area contributed by atoms with Crippen molar-refractivity contribution >= 4 is 60.3 Å². The van der Waals surface area contributed by atoms with Gasteiger partial charge >= 0.3 is 14.5 Å². The lowest BCUT2D eigenvalue weighted by Gasteiger charge is -2.45. The molecule has 3 aliphatic rings. The molecule has 22 heteroatoms. The molecule has 0 amide bonds. The van der Waals surface area contributed by atoms with E-state index >= 15 is 4.39 Å². The minimum absolute atomic E-state index is 0.0662. The fourth-order valence-electron chi connectivity index (χ4n) is 5.63. The van der Waals surface area contributed by atoms with Crippen LogP contribution in [0.4, 0.5) is 16.0 Å². The Hall–Kier alpha value is -2.77. The quantitative estimate of drug-likeness (QED) is 0.220. The second kappa shape index (κ2) is 10.7. The zero-order valence-corrected chi connectivity index (χ0v) is 24.5. The maximum Gasteiger partial charge on any atom is 0.472 e. The van der Waals surface area contributed by atoms with Gasteiger partial charge in [-0.15, -0.1) is 0 Å². The van der Waals surface area contributed by atoms with Crippen LogP contribution in [-0.2, 0) is 39.2 Å². The van der Waals surface area contributed by atoms with E-state index in [4.69, 9.17) is 46.1 Å². The molecule has 1 saturated carbocycles. The van der Waals surface area contributed by atoms with Gasteiger partial charge in [-0.1, -0.05) is 0 Å². The van der Waals surface area contributed by atoms with Gasteiger partial charge in [0, 0.05) is 12.0 Å². The lowest BCUT2D eigenvalue weighted by atomic mass is 9.70. The second-order valence-electron chi connectivity index (χ2n) is 10.3. The summed E-state index contributed by atoms with van der Waals surface area (Å²) in [6.07, 6.45) is -0.665. The van der Waals surface area contributed by atoms with Gasteiger partial charge in [0.05, 0.1) is 32.5 Å². The Morgan fingerprint density at radius 2 is 1.53 bits per heavy atom. The molecular formula is C21H25FN10O8P2S. The van der Waals surface area contributed by atoms with Gasteiger partial charge in [-0.3, -0.25) is 13.6 Å². The minimum atomic E-state index is -4.85. The zero-order valence-electron chi connectivity index (χ0n) is 21.9. The van der Waals surface area contributed by atoms with Gasteiger partial charge < -0.3 is 39.6 Å². The van der Waals surface area contributed by atoms with Crippen LogP contribution in [0.25, 0.3) is 22.3 Å². The van der Waals surface area contributed by atoms with Crippen LogP contribution in [0.5, 0.6) is 0 Å².